The fourth-order valence-electron chi connectivity index (χ4n) is 2.99. The van der Waals surface area contributed by atoms with Crippen LogP contribution in [0.3, 0.4) is 0 Å². The van der Waals surface area contributed by atoms with Crippen LogP contribution in [0.2, 0.25) is 0 Å². The van der Waals surface area contributed by atoms with E-state index in [0.717, 1.165) is 32.2 Å². The molecule has 2 N–H and O–H groups in total. The Balaban J connectivity index is 1.84. The second-order valence-electron chi connectivity index (χ2n) is 6.74. The number of esters is 1. The predicted octanol–water partition coefficient (Wildman–Crippen LogP) is 2.15. The highest BCUT2D eigenvalue weighted by Crippen LogP contribution is 2.36. The van der Waals surface area contributed by atoms with Crippen LogP contribution in [0.15, 0.2) is 0 Å². The molecule has 2 fully saturated rings. The minimum atomic E-state index is -0.364. The molecule has 1 saturated carbocycles. The average Bonchev–Trinajstić information content (AvgIpc) is 2.28. The van der Waals surface area contributed by atoms with Gasteiger partial charge < -0.3 is 4.74 Å². The van der Waals surface area contributed by atoms with Crippen LogP contribution in [-0.4, -0.2) is 23.7 Å². The van der Waals surface area contributed by atoms with Crippen molar-refractivity contribution in [1.29, 1.82) is 0 Å². The van der Waals surface area contributed by atoms with E-state index >= 15 is 0 Å². The van der Waals surface area contributed by atoms with Crippen LogP contribution >= 0.6 is 0 Å². The Kier molecular flexibility index (Phi) is 3.97. The van der Waals surface area contributed by atoms with Crippen LogP contribution in [0.1, 0.15) is 59.3 Å². The molecule has 104 valence electrons. The predicted molar refractivity (Wildman–Crippen MR) is 70.9 cm³/mol. The first kappa shape index (κ1) is 13.8. The number of hydrazine groups is 1. The van der Waals surface area contributed by atoms with Crippen LogP contribution in [-0.2, 0) is 9.53 Å². The summed E-state index contributed by atoms with van der Waals surface area (Å²) in [6.07, 6.45) is 6.49. The van der Waals surface area contributed by atoms with Gasteiger partial charge in [0.25, 0.3) is 0 Å². The summed E-state index contributed by atoms with van der Waals surface area (Å²) < 4.78 is 5.48. The van der Waals surface area contributed by atoms with Gasteiger partial charge in [-0.05, 0) is 59.3 Å². The molecule has 2 aliphatic rings. The van der Waals surface area contributed by atoms with Gasteiger partial charge in [0.05, 0.1) is 5.92 Å². The van der Waals surface area contributed by atoms with E-state index in [2.05, 4.69) is 10.9 Å². The highest BCUT2D eigenvalue weighted by Gasteiger charge is 2.39. The zero-order valence-electron chi connectivity index (χ0n) is 11.8. The van der Waals surface area contributed by atoms with Crippen molar-refractivity contribution in [1.82, 2.24) is 10.9 Å². The van der Waals surface area contributed by atoms with E-state index in [1.807, 2.05) is 20.8 Å². The largest absolute Gasteiger partial charge is 0.460 e. The summed E-state index contributed by atoms with van der Waals surface area (Å²) in [5.74, 6) is 0.0831. The van der Waals surface area contributed by atoms with E-state index in [1.54, 1.807) is 0 Å². The molecular formula is C14H26N2O2. The van der Waals surface area contributed by atoms with Crippen molar-refractivity contribution in [3.05, 3.63) is 0 Å². The van der Waals surface area contributed by atoms with E-state index in [1.165, 1.54) is 12.8 Å². The number of nitrogens with one attached hydrogen (secondary N) is 2. The van der Waals surface area contributed by atoms with Gasteiger partial charge in [-0.15, -0.1) is 0 Å². The number of carbonyl (C=O) groups excluding carboxylic acids is 1. The zero-order valence-corrected chi connectivity index (χ0v) is 11.8. The third-order valence-electron chi connectivity index (χ3n) is 3.99. The summed E-state index contributed by atoms with van der Waals surface area (Å²) >= 11 is 0. The smallest absolute Gasteiger partial charge is 0.309 e. The topological polar surface area (TPSA) is 50.4 Å². The third kappa shape index (κ3) is 3.45. The SMILES string of the molecule is CC(C)(C)OC(=O)C1CCC2(CCCNN2)CC1. The highest BCUT2D eigenvalue weighted by atomic mass is 16.6. The monoisotopic (exact) mass is 254 g/mol. The van der Waals surface area contributed by atoms with Gasteiger partial charge in [-0.3, -0.25) is 15.6 Å². The Morgan fingerprint density at radius 3 is 2.39 bits per heavy atom. The van der Waals surface area contributed by atoms with Crippen molar-refractivity contribution in [3.8, 4) is 0 Å². The Morgan fingerprint density at radius 1 is 1.22 bits per heavy atom. The molecule has 4 heteroatoms. The van der Waals surface area contributed by atoms with Gasteiger partial charge in [-0.1, -0.05) is 0 Å². The van der Waals surface area contributed by atoms with Crippen LogP contribution in [0.4, 0.5) is 0 Å². The Hall–Kier alpha value is -0.610. The molecule has 1 aliphatic carbocycles. The van der Waals surface area contributed by atoms with Crippen molar-refractivity contribution in [2.24, 2.45) is 5.92 Å². The minimum Gasteiger partial charge on any atom is -0.460 e. The van der Waals surface area contributed by atoms with Crippen LogP contribution < -0.4 is 10.9 Å². The average molecular weight is 254 g/mol. The molecule has 4 nitrogen and oxygen atoms in total. The maximum atomic E-state index is 12.0. The van der Waals surface area contributed by atoms with Crippen molar-refractivity contribution in [2.45, 2.75) is 70.4 Å². The second kappa shape index (κ2) is 5.17. The second-order valence-corrected chi connectivity index (χ2v) is 6.74. The van der Waals surface area contributed by atoms with Crippen molar-refractivity contribution in [3.63, 3.8) is 0 Å². The van der Waals surface area contributed by atoms with Crippen LogP contribution in [0.25, 0.3) is 0 Å². The number of ether oxygens (including phenoxy) is 1. The Labute approximate surface area is 110 Å². The zero-order chi connectivity index (χ0) is 13.2. The molecule has 18 heavy (non-hydrogen) atoms. The fourth-order valence-corrected chi connectivity index (χ4v) is 2.99. The lowest BCUT2D eigenvalue weighted by Gasteiger charge is -2.43. The van der Waals surface area contributed by atoms with Crippen molar-refractivity contribution < 1.29 is 9.53 Å². The Morgan fingerprint density at radius 2 is 1.89 bits per heavy atom. The molecule has 0 aromatic heterocycles. The maximum absolute atomic E-state index is 12.0. The maximum Gasteiger partial charge on any atom is 0.309 e. The molecule has 1 aliphatic heterocycles. The first-order valence-electron chi connectivity index (χ1n) is 7.13. The van der Waals surface area contributed by atoms with Crippen LogP contribution in [0, 0.1) is 5.92 Å². The molecule has 0 aromatic rings. The number of hydrogen-bond donors (Lipinski definition) is 2. The standard InChI is InChI=1S/C14H26N2O2/c1-13(2,3)18-12(17)11-5-8-14(9-6-11)7-4-10-15-16-14/h11,15-16H,4-10H2,1-3H3. The summed E-state index contributed by atoms with van der Waals surface area (Å²) in [5.41, 5.74) is 6.57. The lowest BCUT2D eigenvalue weighted by molar-refractivity contribution is -0.161. The van der Waals surface area contributed by atoms with Gasteiger partial charge in [0, 0.05) is 12.1 Å². The molecule has 1 saturated heterocycles. The number of carbonyl (C=O) groups is 1. The third-order valence-corrected chi connectivity index (χ3v) is 3.99. The van der Waals surface area contributed by atoms with Crippen molar-refractivity contribution >= 4 is 5.97 Å². The Bertz CT molecular complexity index is 293. The first-order chi connectivity index (χ1) is 8.40. The molecule has 0 amide bonds. The number of hydrogen-bond acceptors (Lipinski definition) is 4. The van der Waals surface area contributed by atoms with E-state index in [-0.39, 0.29) is 23.0 Å². The van der Waals surface area contributed by atoms with E-state index in [4.69, 9.17) is 4.74 Å². The molecule has 0 unspecified atom stereocenters. The van der Waals surface area contributed by atoms with Gasteiger partial charge in [0.1, 0.15) is 5.60 Å². The van der Waals surface area contributed by atoms with E-state index in [0.29, 0.717) is 0 Å². The first-order valence-corrected chi connectivity index (χ1v) is 7.13. The molecule has 2 rings (SSSR count). The van der Waals surface area contributed by atoms with Crippen molar-refractivity contribution in [2.75, 3.05) is 6.54 Å². The van der Waals surface area contributed by atoms with Gasteiger partial charge in [0.15, 0.2) is 0 Å². The highest BCUT2D eigenvalue weighted by molar-refractivity contribution is 5.73. The van der Waals surface area contributed by atoms with Gasteiger partial charge in [-0.25, -0.2) is 0 Å². The molecule has 1 spiro atoms. The lowest BCUT2D eigenvalue weighted by atomic mass is 9.74. The quantitative estimate of drug-likeness (QED) is 0.704. The number of rotatable bonds is 1. The molecule has 0 bridgehead atoms. The summed E-state index contributed by atoms with van der Waals surface area (Å²) in [6, 6.07) is 0. The van der Waals surface area contributed by atoms with Gasteiger partial charge >= 0.3 is 5.97 Å². The lowest BCUT2D eigenvalue weighted by Crippen LogP contribution is -2.58. The van der Waals surface area contributed by atoms with Gasteiger partial charge in [-0.2, -0.15) is 0 Å². The normalized spacial score (nSPS) is 33.4. The summed E-state index contributed by atoms with van der Waals surface area (Å²) in [5, 5.41) is 0. The summed E-state index contributed by atoms with van der Waals surface area (Å²) in [7, 11) is 0. The molecule has 0 radical (unpaired) electrons. The van der Waals surface area contributed by atoms with Gasteiger partial charge in [0.2, 0.25) is 0 Å². The summed E-state index contributed by atoms with van der Waals surface area (Å²) in [4.78, 5) is 12.0. The fraction of sp³-hybridized carbons (Fsp3) is 0.929. The summed E-state index contributed by atoms with van der Waals surface area (Å²) in [6.45, 7) is 6.85. The molecule has 0 atom stereocenters. The molecule has 0 aromatic carbocycles. The minimum absolute atomic E-state index is 0.0129. The van der Waals surface area contributed by atoms with E-state index in [9.17, 15) is 4.79 Å². The van der Waals surface area contributed by atoms with E-state index < -0.39 is 0 Å². The van der Waals surface area contributed by atoms with Crippen LogP contribution in [0.5, 0.6) is 0 Å². The molecular weight excluding hydrogens is 228 g/mol. The molecule has 1 heterocycles.